The van der Waals surface area contributed by atoms with Crippen molar-refractivity contribution in [3.05, 3.63) is 30.1 Å². The molecule has 8 heteroatoms. The highest BCUT2D eigenvalue weighted by Crippen LogP contribution is 2.40. The lowest BCUT2D eigenvalue weighted by atomic mass is 10.1. The van der Waals surface area contributed by atoms with Crippen LogP contribution in [0.3, 0.4) is 0 Å². The second-order valence-electron chi connectivity index (χ2n) is 6.27. The molecule has 1 atom stereocenters. The fourth-order valence-corrected chi connectivity index (χ4v) is 3.56. The minimum Gasteiger partial charge on any atom is -0.493 e. The van der Waals surface area contributed by atoms with Gasteiger partial charge >= 0.3 is 6.03 Å². The number of nitrogens with zero attached hydrogens (tertiary/aromatic N) is 3. The molecule has 27 heavy (non-hydrogen) atoms. The summed E-state index contributed by atoms with van der Waals surface area (Å²) in [6.07, 6.45) is 3.67. The van der Waals surface area contributed by atoms with Gasteiger partial charge in [0.15, 0.2) is 11.5 Å². The molecule has 1 aromatic carbocycles. The molecule has 1 aromatic heterocycles. The van der Waals surface area contributed by atoms with Gasteiger partial charge in [0.05, 0.1) is 38.8 Å². The number of urea groups is 1. The van der Waals surface area contributed by atoms with Crippen molar-refractivity contribution in [1.82, 2.24) is 14.7 Å². The Balaban J connectivity index is 1.82. The van der Waals surface area contributed by atoms with E-state index in [1.54, 1.807) is 39.7 Å². The van der Waals surface area contributed by atoms with Gasteiger partial charge in [0.2, 0.25) is 5.75 Å². The lowest BCUT2D eigenvalue weighted by Gasteiger charge is -2.26. The molecule has 1 aliphatic rings. The number of aryl methyl sites for hydroxylation is 1. The number of likely N-dealkylation sites (tertiary alicyclic amines) is 1. The zero-order valence-corrected chi connectivity index (χ0v) is 16.2. The molecule has 1 unspecified atom stereocenters. The maximum Gasteiger partial charge on any atom is 0.322 e. The molecule has 2 aromatic rings. The molecule has 1 N–H and O–H groups in total. The Hall–Kier alpha value is -2.90. The van der Waals surface area contributed by atoms with Crippen molar-refractivity contribution in [2.24, 2.45) is 0 Å². The first-order valence-electron chi connectivity index (χ1n) is 9.02. The molecule has 1 saturated heterocycles. The predicted molar refractivity (Wildman–Crippen MR) is 102 cm³/mol. The van der Waals surface area contributed by atoms with Crippen molar-refractivity contribution in [3.8, 4) is 17.2 Å². The van der Waals surface area contributed by atoms with Crippen LogP contribution >= 0.6 is 0 Å². The third-order valence-corrected chi connectivity index (χ3v) is 4.82. The highest BCUT2D eigenvalue weighted by atomic mass is 16.5. The number of aromatic nitrogens is 2. The Bertz CT molecular complexity index is 780. The summed E-state index contributed by atoms with van der Waals surface area (Å²) in [5.74, 6) is 1.48. The summed E-state index contributed by atoms with van der Waals surface area (Å²) < 4.78 is 18.0. The predicted octanol–water partition coefficient (Wildman–Crippen LogP) is 3.30. The molecular weight excluding hydrogens is 348 g/mol. The smallest absolute Gasteiger partial charge is 0.322 e. The Morgan fingerprint density at radius 1 is 1.22 bits per heavy atom. The number of hydrogen-bond donors (Lipinski definition) is 1. The van der Waals surface area contributed by atoms with Crippen LogP contribution in [-0.4, -0.2) is 48.6 Å². The number of methoxy groups -OCH3 is 3. The largest absolute Gasteiger partial charge is 0.493 e. The van der Waals surface area contributed by atoms with E-state index in [-0.39, 0.29) is 12.1 Å². The zero-order chi connectivity index (χ0) is 19.4. The molecule has 8 nitrogen and oxygen atoms in total. The van der Waals surface area contributed by atoms with Crippen molar-refractivity contribution < 1.29 is 19.0 Å². The minimum atomic E-state index is -0.157. The van der Waals surface area contributed by atoms with Gasteiger partial charge in [-0.1, -0.05) is 0 Å². The number of hydrogen-bond acceptors (Lipinski definition) is 5. The fourth-order valence-electron chi connectivity index (χ4n) is 3.56. The maximum absolute atomic E-state index is 12.9. The van der Waals surface area contributed by atoms with Crippen LogP contribution in [0.25, 0.3) is 0 Å². The summed E-state index contributed by atoms with van der Waals surface area (Å²) >= 11 is 0. The van der Waals surface area contributed by atoms with Gasteiger partial charge in [0, 0.05) is 31.4 Å². The Morgan fingerprint density at radius 3 is 2.52 bits per heavy atom. The molecule has 146 valence electrons. The van der Waals surface area contributed by atoms with Crippen LogP contribution in [-0.2, 0) is 6.54 Å². The summed E-state index contributed by atoms with van der Waals surface area (Å²) in [4.78, 5) is 14.8. The van der Waals surface area contributed by atoms with E-state index in [9.17, 15) is 4.79 Å². The number of nitrogens with one attached hydrogen (secondary N) is 1. The van der Waals surface area contributed by atoms with Crippen molar-refractivity contribution in [1.29, 1.82) is 0 Å². The Morgan fingerprint density at radius 2 is 1.93 bits per heavy atom. The molecule has 3 rings (SSSR count). The maximum atomic E-state index is 12.9. The normalized spacial score (nSPS) is 16.3. The lowest BCUT2D eigenvalue weighted by Crippen LogP contribution is -2.35. The van der Waals surface area contributed by atoms with Gasteiger partial charge in [0.1, 0.15) is 0 Å². The van der Waals surface area contributed by atoms with Crippen LogP contribution in [0.15, 0.2) is 24.4 Å². The second-order valence-corrected chi connectivity index (χ2v) is 6.27. The van der Waals surface area contributed by atoms with Crippen molar-refractivity contribution >= 4 is 11.7 Å². The topological polar surface area (TPSA) is 77.9 Å². The highest BCUT2D eigenvalue weighted by molar-refractivity contribution is 5.90. The van der Waals surface area contributed by atoms with Gasteiger partial charge in [-0.15, -0.1) is 0 Å². The van der Waals surface area contributed by atoms with Crippen LogP contribution in [0.5, 0.6) is 17.2 Å². The quantitative estimate of drug-likeness (QED) is 0.839. The van der Waals surface area contributed by atoms with E-state index in [0.717, 1.165) is 25.1 Å². The first-order chi connectivity index (χ1) is 13.1. The third-order valence-electron chi connectivity index (χ3n) is 4.82. The number of amides is 2. The molecule has 0 radical (unpaired) electrons. The number of benzene rings is 1. The van der Waals surface area contributed by atoms with Gasteiger partial charge < -0.3 is 24.4 Å². The van der Waals surface area contributed by atoms with E-state index in [1.807, 2.05) is 22.6 Å². The van der Waals surface area contributed by atoms with Crippen LogP contribution in [0.2, 0.25) is 0 Å². The van der Waals surface area contributed by atoms with Gasteiger partial charge in [-0.25, -0.2) is 4.79 Å². The second kappa shape index (κ2) is 8.20. The summed E-state index contributed by atoms with van der Waals surface area (Å²) in [5.41, 5.74) is 1.65. The zero-order valence-electron chi connectivity index (χ0n) is 16.2. The Labute approximate surface area is 159 Å². The van der Waals surface area contributed by atoms with E-state index >= 15 is 0 Å². The molecule has 1 fully saturated rings. The van der Waals surface area contributed by atoms with E-state index in [1.165, 1.54) is 0 Å². The van der Waals surface area contributed by atoms with Crippen molar-refractivity contribution in [3.63, 3.8) is 0 Å². The van der Waals surface area contributed by atoms with E-state index < -0.39 is 0 Å². The molecular formula is C19H26N4O4. The van der Waals surface area contributed by atoms with Crippen LogP contribution in [0.1, 0.15) is 31.5 Å². The van der Waals surface area contributed by atoms with E-state index in [2.05, 4.69) is 10.4 Å². The summed E-state index contributed by atoms with van der Waals surface area (Å²) in [6, 6.07) is 5.30. The number of carbonyl (C=O) groups excluding carboxylic acids is 1. The average molecular weight is 374 g/mol. The summed E-state index contributed by atoms with van der Waals surface area (Å²) in [5, 5.41) is 7.29. The number of anilines is 1. The summed E-state index contributed by atoms with van der Waals surface area (Å²) in [6.45, 7) is 3.53. The molecule has 2 amide bonds. The first kappa shape index (κ1) is 18.9. The summed E-state index contributed by atoms with van der Waals surface area (Å²) in [7, 11) is 4.64. The van der Waals surface area contributed by atoms with Crippen LogP contribution in [0.4, 0.5) is 10.5 Å². The highest BCUT2D eigenvalue weighted by Gasteiger charge is 2.32. The fraction of sp³-hybridized carbons (Fsp3) is 0.474. The van der Waals surface area contributed by atoms with Crippen LogP contribution in [0, 0.1) is 0 Å². The molecule has 0 saturated carbocycles. The van der Waals surface area contributed by atoms with Gasteiger partial charge in [-0.3, -0.25) is 4.68 Å². The number of carbonyl (C=O) groups is 1. The third kappa shape index (κ3) is 3.65. The molecule has 0 aliphatic carbocycles. The molecule has 0 bridgehead atoms. The average Bonchev–Trinajstić information content (AvgIpc) is 3.35. The SMILES string of the molecule is CCn1nccc1C1CCCN1C(=O)Nc1cc(OC)c(OC)c(OC)c1. The van der Waals surface area contributed by atoms with Gasteiger partial charge in [0.25, 0.3) is 0 Å². The van der Waals surface area contributed by atoms with E-state index in [0.29, 0.717) is 29.5 Å². The van der Waals surface area contributed by atoms with Crippen molar-refractivity contribution in [2.45, 2.75) is 32.4 Å². The number of ether oxygens (including phenoxy) is 3. The standard InChI is InChI=1S/C19H26N4O4/c1-5-23-15(8-9-20-23)14-7-6-10-22(14)19(24)21-13-11-16(25-2)18(27-4)17(12-13)26-3/h8-9,11-12,14H,5-7,10H2,1-4H3,(H,21,24). The monoisotopic (exact) mass is 374 g/mol. The van der Waals surface area contributed by atoms with Crippen LogP contribution < -0.4 is 19.5 Å². The molecule has 1 aliphatic heterocycles. The molecule has 2 heterocycles. The number of rotatable bonds is 6. The van der Waals surface area contributed by atoms with Gasteiger partial charge in [-0.2, -0.15) is 5.10 Å². The lowest BCUT2D eigenvalue weighted by molar-refractivity contribution is 0.204. The molecule has 0 spiro atoms. The Kier molecular flexibility index (Phi) is 5.73. The first-order valence-corrected chi connectivity index (χ1v) is 9.02. The minimum absolute atomic E-state index is 0.0227. The van der Waals surface area contributed by atoms with Crippen molar-refractivity contribution in [2.75, 3.05) is 33.2 Å². The van der Waals surface area contributed by atoms with Gasteiger partial charge in [-0.05, 0) is 25.8 Å². The van der Waals surface area contributed by atoms with E-state index in [4.69, 9.17) is 14.2 Å².